The molecule has 0 unspecified atom stereocenters. The summed E-state index contributed by atoms with van der Waals surface area (Å²) >= 11 is 1.37. The second kappa shape index (κ2) is 6.31. The van der Waals surface area contributed by atoms with Crippen LogP contribution in [0.1, 0.15) is 53.9 Å². The molecule has 0 heterocycles. The monoisotopic (exact) mass is 230 g/mol. The molecule has 0 fully saturated rings. The molecule has 15 heavy (non-hydrogen) atoms. The number of hydrogen-bond acceptors (Lipinski definition) is 3. The van der Waals surface area contributed by atoms with Crippen LogP contribution in [-0.2, 0) is 9.59 Å². The molecule has 0 aliphatic heterocycles. The predicted molar refractivity (Wildman–Crippen MR) is 66.0 cm³/mol. The van der Waals surface area contributed by atoms with Crippen LogP contribution in [0.3, 0.4) is 0 Å². The van der Waals surface area contributed by atoms with Gasteiger partial charge in [0.2, 0.25) is 0 Å². The molecule has 1 atom stereocenters. The minimum atomic E-state index is -0.0223. The van der Waals surface area contributed by atoms with Gasteiger partial charge in [-0.2, -0.15) is 0 Å². The number of carbonyl (C=O) groups is 2. The lowest BCUT2D eigenvalue weighted by Gasteiger charge is -2.17. The fourth-order valence-electron chi connectivity index (χ4n) is 1.27. The Bertz CT molecular complexity index is 228. The minimum absolute atomic E-state index is 0.0223. The Kier molecular flexibility index (Phi) is 6.18. The van der Waals surface area contributed by atoms with Crippen LogP contribution in [0.15, 0.2) is 0 Å². The topological polar surface area (TPSA) is 34.1 Å². The van der Waals surface area contributed by atoms with Gasteiger partial charge in [-0.15, -0.1) is 0 Å². The zero-order valence-electron chi connectivity index (χ0n) is 10.4. The van der Waals surface area contributed by atoms with Gasteiger partial charge < -0.3 is 0 Å². The summed E-state index contributed by atoms with van der Waals surface area (Å²) in [5.74, 6) is 0.427. The molecule has 0 amide bonds. The van der Waals surface area contributed by atoms with E-state index in [2.05, 4.69) is 0 Å². The number of hydrogen-bond donors (Lipinski definition) is 0. The van der Waals surface area contributed by atoms with Crippen LogP contribution in [0.4, 0.5) is 0 Å². The van der Waals surface area contributed by atoms with E-state index in [0.29, 0.717) is 19.3 Å². The van der Waals surface area contributed by atoms with Gasteiger partial charge in [-0.3, -0.25) is 9.59 Å². The highest BCUT2D eigenvalue weighted by atomic mass is 32.2. The Morgan fingerprint density at radius 1 is 1.20 bits per heavy atom. The van der Waals surface area contributed by atoms with Crippen molar-refractivity contribution in [3.05, 3.63) is 0 Å². The lowest BCUT2D eigenvalue weighted by Crippen LogP contribution is -2.14. The zero-order chi connectivity index (χ0) is 12.1. The van der Waals surface area contributed by atoms with E-state index in [1.54, 1.807) is 0 Å². The van der Waals surface area contributed by atoms with Gasteiger partial charge in [0.05, 0.1) is 0 Å². The summed E-state index contributed by atoms with van der Waals surface area (Å²) < 4.78 is -0.0223. The average molecular weight is 230 g/mol. The standard InChI is InChI=1S/C12H22O2S/c1-6-10(13)7-9(2)8-11(14)15-12(3,4)5/h9H,6-8H2,1-5H3/t9-/m0/s1. The van der Waals surface area contributed by atoms with Gasteiger partial charge in [0, 0.05) is 24.0 Å². The van der Waals surface area contributed by atoms with E-state index in [1.807, 2.05) is 34.6 Å². The molecule has 0 rings (SSSR count). The first-order valence-electron chi connectivity index (χ1n) is 5.48. The average Bonchev–Trinajstić information content (AvgIpc) is 1.99. The van der Waals surface area contributed by atoms with Gasteiger partial charge in [0.15, 0.2) is 5.12 Å². The van der Waals surface area contributed by atoms with Gasteiger partial charge in [-0.25, -0.2) is 0 Å². The summed E-state index contributed by atoms with van der Waals surface area (Å²) in [4.78, 5) is 22.8. The number of Topliss-reactive ketones (excluding diaryl/α,β-unsaturated/α-hetero) is 1. The molecular formula is C12H22O2S. The molecule has 3 heteroatoms. The van der Waals surface area contributed by atoms with E-state index in [0.717, 1.165) is 0 Å². The molecule has 0 aromatic rings. The first-order valence-corrected chi connectivity index (χ1v) is 6.29. The molecule has 2 nitrogen and oxygen atoms in total. The van der Waals surface area contributed by atoms with E-state index in [4.69, 9.17) is 0 Å². The zero-order valence-corrected chi connectivity index (χ0v) is 11.2. The Balaban J connectivity index is 3.92. The van der Waals surface area contributed by atoms with Crippen LogP contribution in [-0.4, -0.2) is 15.6 Å². The predicted octanol–water partition coefficient (Wildman–Crippen LogP) is 3.44. The number of carbonyl (C=O) groups excluding carboxylic acids is 2. The van der Waals surface area contributed by atoms with Crippen molar-refractivity contribution in [2.45, 2.75) is 58.6 Å². The van der Waals surface area contributed by atoms with Crippen molar-refractivity contribution in [2.24, 2.45) is 5.92 Å². The lowest BCUT2D eigenvalue weighted by atomic mass is 10.0. The van der Waals surface area contributed by atoms with Crippen LogP contribution in [0.5, 0.6) is 0 Å². The Hall–Kier alpha value is -0.310. The SMILES string of the molecule is CCC(=O)C[C@H](C)CC(=O)SC(C)(C)C. The second-order valence-electron chi connectivity index (χ2n) is 4.99. The Morgan fingerprint density at radius 2 is 1.73 bits per heavy atom. The molecular weight excluding hydrogens is 208 g/mol. The molecule has 0 N–H and O–H groups in total. The largest absolute Gasteiger partial charge is 0.300 e. The maximum Gasteiger partial charge on any atom is 0.189 e. The normalized spacial score (nSPS) is 13.7. The molecule has 0 aromatic carbocycles. The van der Waals surface area contributed by atoms with Crippen molar-refractivity contribution in [1.29, 1.82) is 0 Å². The van der Waals surface area contributed by atoms with Crippen molar-refractivity contribution < 1.29 is 9.59 Å². The van der Waals surface area contributed by atoms with Gasteiger partial charge in [0.25, 0.3) is 0 Å². The van der Waals surface area contributed by atoms with E-state index in [9.17, 15) is 9.59 Å². The highest BCUT2D eigenvalue weighted by Crippen LogP contribution is 2.27. The fraction of sp³-hybridized carbons (Fsp3) is 0.833. The number of thioether (sulfide) groups is 1. The van der Waals surface area contributed by atoms with Gasteiger partial charge in [0.1, 0.15) is 5.78 Å². The molecule has 0 saturated carbocycles. The summed E-state index contributed by atoms with van der Waals surface area (Å²) in [6, 6.07) is 0. The van der Waals surface area contributed by atoms with E-state index >= 15 is 0 Å². The fourth-order valence-corrected chi connectivity index (χ4v) is 2.32. The maximum absolute atomic E-state index is 11.6. The highest BCUT2D eigenvalue weighted by molar-refractivity contribution is 8.14. The summed E-state index contributed by atoms with van der Waals surface area (Å²) in [6.07, 6.45) is 1.62. The van der Waals surface area contributed by atoms with Crippen molar-refractivity contribution in [3.8, 4) is 0 Å². The molecule has 0 radical (unpaired) electrons. The number of ketones is 1. The van der Waals surface area contributed by atoms with Gasteiger partial charge in [-0.1, -0.05) is 46.4 Å². The van der Waals surface area contributed by atoms with Crippen LogP contribution in [0.2, 0.25) is 0 Å². The van der Waals surface area contributed by atoms with Crippen molar-refractivity contribution in [2.75, 3.05) is 0 Å². The minimum Gasteiger partial charge on any atom is -0.300 e. The first kappa shape index (κ1) is 14.7. The third-order valence-corrected chi connectivity index (χ3v) is 2.91. The van der Waals surface area contributed by atoms with Crippen LogP contribution < -0.4 is 0 Å². The Morgan fingerprint density at radius 3 is 2.13 bits per heavy atom. The van der Waals surface area contributed by atoms with E-state index in [-0.39, 0.29) is 21.6 Å². The summed E-state index contributed by atoms with van der Waals surface area (Å²) in [6.45, 7) is 9.90. The molecule has 0 aromatic heterocycles. The quantitative estimate of drug-likeness (QED) is 0.725. The second-order valence-corrected chi connectivity index (χ2v) is 6.88. The molecule has 0 bridgehead atoms. The van der Waals surface area contributed by atoms with Gasteiger partial charge in [-0.05, 0) is 5.92 Å². The third kappa shape index (κ3) is 8.67. The van der Waals surface area contributed by atoms with Crippen LogP contribution >= 0.6 is 11.8 Å². The van der Waals surface area contributed by atoms with Crippen molar-refractivity contribution >= 4 is 22.7 Å². The van der Waals surface area contributed by atoms with Crippen molar-refractivity contribution in [1.82, 2.24) is 0 Å². The highest BCUT2D eigenvalue weighted by Gasteiger charge is 2.19. The van der Waals surface area contributed by atoms with Gasteiger partial charge >= 0.3 is 0 Å². The smallest absolute Gasteiger partial charge is 0.189 e. The molecule has 0 aliphatic carbocycles. The molecule has 0 aliphatic rings. The molecule has 0 saturated heterocycles. The molecule has 88 valence electrons. The van der Waals surface area contributed by atoms with Crippen molar-refractivity contribution in [3.63, 3.8) is 0 Å². The van der Waals surface area contributed by atoms with Crippen LogP contribution in [0, 0.1) is 5.92 Å². The Labute approximate surface area is 97.2 Å². The first-order chi connectivity index (χ1) is 6.74. The third-order valence-electron chi connectivity index (χ3n) is 1.91. The maximum atomic E-state index is 11.6. The summed E-state index contributed by atoms with van der Waals surface area (Å²) in [5, 5.41) is 0.193. The van der Waals surface area contributed by atoms with E-state index < -0.39 is 0 Å². The van der Waals surface area contributed by atoms with Crippen LogP contribution in [0.25, 0.3) is 0 Å². The summed E-state index contributed by atoms with van der Waals surface area (Å²) in [7, 11) is 0. The number of rotatable bonds is 5. The summed E-state index contributed by atoms with van der Waals surface area (Å²) in [5.41, 5.74) is 0. The lowest BCUT2D eigenvalue weighted by molar-refractivity contribution is -0.119. The van der Waals surface area contributed by atoms with E-state index in [1.165, 1.54) is 11.8 Å². The molecule has 0 spiro atoms.